The fraction of sp³-hybridized carbons (Fsp3) is 0.176. The van der Waals surface area contributed by atoms with Gasteiger partial charge in [-0.15, -0.1) is 5.10 Å². The van der Waals surface area contributed by atoms with Crippen LogP contribution in [0, 0.1) is 0 Å². The Morgan fingerprint density at radius 3 is 2.84 bits per heavy atom. The monoisotopic (exact) mass is 342 g/mol. The molecule has 3 aromatic rings. The Labute approximate surface area is 141 Å². The number of ether oxygens (including phenoxy) is 2. The number of pyridine rings is 1. The maximum atomic E-state index is 12.7. The molecule has 0 atom stereocenters. The van der Waals surface area contributed by atoms with E-state index in [1.165, 1.54) is 9.08 Å². The van der Waals surface area contributed by atoms with Gasteiger partial charge >= 0.3 is 5.69 Å². The van der Waals surface area contributed by atoms with Crippen molar-refractivity contribution in [1.29, 1.82) is 0 Å². The Balaban J connectivity index is 1.75. The van der Waals surface area contributed by atoms with Crippen LogP contribution in [0.5, 0.6) is 11.5 Å². The molecule has 0 unspecified atom stereocenters. The minimum Gasteiger partial charge on any atom is -0.454 e. The smallest absolute Gasteiger partial charge is 0.350 e. The summed E-state index contributed by atoms with van der Waals surface area (Å²) >= 11 is 0. The van der Waals surface area contributed by atoms with Crippen LogP contribution in [0.1, 0.15) is 0 Å². The fourth-order valence-corrected chi connectivity index (χ4v) is 2.70. The molecule has 4 rings (SSSR count). The van der Waals surface area contributed by atoms with Gasteiger partial charge in [0.05, 0.1) is 12.9 Å². The summed E-state index contributed by atoms with van der Waals surface area (Å²) in [6, 6.07) is 9.17. The molecule has 1 aromatic carbocycles. The third-order valence-electron chi connectivity index (χ3n) is 4.05. The molecule has 2 aromatic heterocycles. The Bertz CT molecular complexity index is 1040. The van der Waals surface area contributed by atoms with Gasteiger partial charge < -0.3 is 15.2 Å². The third-order valence-corrected chi connectivity index (χ3v) is 4.05. The Morgan fingerprint density at radius 2 is 2.04 bits per heavy atom. The largest absolute Gasteiger partial charge is 0.454 e. The van der Waals surface area contributed by atoms with E-state index in [1.807, 2.05) is 24.3 Å². The van der Waals surface area contributed by atoms with E-state index in [0.717, 1.165) is 11.1 Å². The highest BCUT2D eigenvalue weighted by Gasteiger charge is 2.15. The normalized spacial score (nSPS) is 13.6. The first kappa shape index (κ1) is 15.4. The summed E-state index contributed by atoms with van der Waals surface area (Å²) in [5.74, 6) is 1.36. The average Bonchev–Trinajstić information content (AvgIpc) is 3.23. The van der Waals surface area contributed by atoms with Crippen molar-refractivity contribution in [2.24, 2.45) is 5.73 Å². The van der Waals surface area contributed by atoms with Crippen molar-refractivity contribution in [3.63, 3.8) is 0 Å². The fourth-order valence-electron chi connectivity index (χ4n) is 2.70. The van der Waals surface area contributed by atoms with Gasteiger partial charge in [-0.25, -0.2) is 18.3 Å². The number of hydrogen-bond donors (Lipinski definition) is 1. The molecule has 0 bridgehead atoms. The molecule has 0 fully saturated rings. The predicted octanol–water partition coefficient (Wildman–Crippen LogP) is 1.70. The van der Waals surface area contributed by atoms with E-state index in [2.05, 4.69) is 5.10 Å². The highest BCUT2D eigenvalue weighted by molar-refractivity contribution is 5.68. The number of nitrogens with two attached hydrogens (primary N) is 1. The summed E-state index contributed by atoms with van der Waals surface area (Å²) in [6.07, 6.45) is 2.11. The van der Waals surface area contributed by atoms with Crippen LogP contribution in [-0.2, 0) is 6.54 Å². The lowest BCUT2D eigenvalue weighted by molar-refractivity contribution is 0.174. The number of hydrogen-bond acceptors (Lipinski definition) is 5. The van der Waals surface area contributed by atoms with Crippen molar-refractivity contribution >= 4 is 5.65 Å². The van der Waals surface area contributed by atoms with E-state index in [0.29, 0.717) is 29.0 Å². The van der Waals surface area contributed by atoms with Crippen LogP contribution >= 0.6 is 0 Å². The molecule has 3 heterocycles. The number of nitrogens with zero attached hydrogens (tertiary/aromatic N) is 3. The average molecular weight is 342 g/mol. The van der Waals surface area contributed by atoms with Gasteiger partial charge in [-0.1, -0.05) is 6.07 Å². The number of fused-ring (bicyclic) bond motifs is 2. The Morgan fingerprint density at radius 1 is 1.24 bits per heavy atom. The molecule has 0 amide bonds. The Kier molecular flexibility index (Phi) is 3.73. The topological polar surface area (TPSA) is 83.8 Å². The quantitative estimate of drug-likeness (QED) is 0.780. The summed E-state index contributed by atoms with van der Waals surface area (Å²) in [5, 5.41) is 4.20. The zero-order valence-electron chi connectivity index (χ0n) is 13.2. The second-order valence-corrected chi connectivity index (χ2v) is 5.63. The lowest BCUT2D eigenvalue weighted by Crippen LogP contribution is -2.23. The summed E-state index contributed by atoms with van der Waals surface area (Å²) in [7, 11) is 0. The van der Waals surface area contributed by atoms with Crippen molar-refractivity contribution < 1.29 is 13.9 Å². The van der Waals surface area contributed by atoms with Gasteiger partial charge in [-0.3, -0.25) is 0 Å². The van der Waals surface area contributed by atoms with Gasteiger partial charge in [-0.2, -0.15) is 0 Å². The molecule has 2 N–H and O–H groups in total. The van der Waals surface area contributed by atoms with Gasteiger partial charge in [0.25, 0.3) is 0 Å². The zero-order chi connectivity index (χ0) is 17.4. The van der Waals surface area contributed by atoms with Crippen LogP contribution in [-0.4, -0.2) is 27.5 Å². The molecule has 0 aliphatic carbocycles. The minimum absolute atomic E-state index is 0.0207. The molecule has 0 spiro atoms. The van der Waals surface area contributed by atoms with Crippen molar-refractivity contribution in [3.05, 3.63) is 58.9 Å². The van der Waals surface area contributed by atoms with Gasteiger partial charge in [-0.05, 0) is 41.0 Å². The molecule has 7 nitrogen and oxygen atoms in total. The Hall–Kier alpha value is -3.13. The molecule has 1 aliphatic heterocycles. The molecule has 0 saturated carbocycles. The van der Waals surface area contributed by atoms with Gasteiger partial charge in [0.15, 0.2) is 17.1 Å². The molecule has 25 heavy (non-hydrogen) atoms. The van der Waals surface area contributed by atoms with E-state index in [1.54, 1.807) is 12.3 Å². The summed E-state index contributed by atoms with van der Waals surface area (Å²) in [4.78, 5) is 12.5. The summed E-state index contributed by atoms with van der Waals surface area (Å²) in [6.45, 7) is 0.252. The SMILES string of the molecule is NC/C(=C\F)Cn1nc2ccc(-c3ccc4c(c3)OCO4)cn2c1=O. The van der Waals surface area contributed by atoms with Gasteiger partial charge in [0.2, 0.25) is 6.79 Å². The molecule has 1 aliphatic rings. The lowest BCUT2D eigenvalue weighted by Gasteiger charge is -2.03. The van der Waals surface area contributed by atoms with E-state index in [9.17, 15) is 9.18 Å². The second-order valence-electron chi connectivity index (χ2n) is 5.63. The minimum atomic E-state index is -0.356. The highest BCUT2D eigenvalue weighted by atomic mass is 19.1. The van der Waals surface area contributed by atoms with E-state index >= 15 is 0 Å². The summed E-state index contributed by atoms with van der Waals surface area (Å²) in [5.41, 5.74) is 7.57. The maximum absolute atomic E-state index is 12.7. The lowest BCUT2D eigenvalue weighted by atomic mass is 10.1. The van der Waals surface area contributed by atoms with Crippen molar-refractivity contribution in [1.82, 2.24) is 14.2 Å². The van der Waals surface area contributed by atoms with Crippen LogP contribution < -0.4 is 20.9 Å². The number of aromatic nitrogens is 3. The molecule has 0 saturated heterocycles. The first-order chi connectivity index (χ1) is 12.2. The first-order valence-corrected chi connectivity index (χ1v) is 7.67. The van der Waals surface area contributed by atoms with Crippen molar-refractivity contribution in [3.8, 4) is 22.6 Å². The van der Waals surface area contributed by atoms with Crippen LogP contribution in [0.2, 0.25) is 0 Å². The molecular formula is C17H15FN4O3. The number of halogens is 1. The van der Waals surface area contributed by atoms with Gasteiger partial charge in [0.1, 0.15) is 0 Å². The van der Waals surface area contributed by atoms with Crippen molar-refractivity contribution in [2.75, 3.05) is 13.3 Å². The van der Waals surface area contributed by atoms with Crippen LogP contribution in [0.3, 0.4) is 0 Å². The second kappa shape index (κ2) is 6.06. The van der Waals surface area contributed by atoms with E-state index in [-0.39, 0.29) is 25.6 Å². The van der Waals surface area contributed by atoms with Crippen LogP contribution in [0.15, 0.2) is 53.2 Å². The molecule has 8 heteroatoms. The first-order valence-electron chi connectivity index (χ1n) is 7.67. The molecule has 128 valence electrons. The van der Waals surface area contributed by atoms with E-state index < -0.39 is 0 Å². The number of rotatable bonds is 4. The van der Waals surface area contributed by atoms with Crippen molar-refractivity contribution in [2.45, 2.75) is 6.54 Å². The van der Waals surface area contributed by atoms with Crippen LogP contribution in [0.25, 0.3) is 16.8 Å². The predicted molar refractivity (Wildman–Crippen MR) is 89.3 cm³/mol. The van der Waals surface area contributed by atoms with E-state index in [4.69, 9.17) is 15.2 Å². The van der Waals surface area contributed by atoms with Crippen LogP contribution in [0.4, 0.5) is 4.39 Å². The highest BCUT2D eigenvalue weighted by Crippen LogP contribution is 2.35. The molecular weight excluding hydrogens is 327 g/mol. The van der Waals surface area contributed by atoms with Gasteiger partial charge in [0, 0.05) is 12.7 Å². The molecule has 0 radical (unpaired) electrons. The standard InChI is InChI=1S/C17H15FN4O3/c18-6-11(7-19)8-22-17(23)21-9-13(2-4-16(21)20-22)12-1-3-14-15(5-12)25-10-24-14/h1-6,9H,7-8,10,19H2/b11-6+. The third kappa shape index (κ3) is 2.66. The zero-order valence-corrected chi connectivity index (χ0v) is 13.2. The maximum Gasteiger partial charge on any atom is 0.350 e. The summed E-state index contributed by atoms with van der Waals surface area (Å²) < 4.78 is 26.0. The number of benzene rings is 1.